The molecule has 2 aromatic carbocycles. The van der Waals surface area contributed by atoms with E-state index in [2.05, 4.69) is 5.32 Å². The third kappa shape index (κ3) is 5.12. The topological polar surface area (TPSA) is 90.3 Å². The molecule has 0 spiro atoms. The van der Waals surface area contributed by atoms with Gasteiger partial charge in [-0.3, -0.25) is 4.79 Å². The molecule has 164 valence electrons. The van der Waals surface area contributed by atoms with E-state index < -0.39 is 27.8 Å². The number of rotatable bonds is 6. The van der Waals surface area contributed by atoms with E-state index in [0.717, 1.165) is 5.56 Å². The van der Waals surface area contributed by atoms with Crippen molar-refractivity contribution < 1.29 is 17.6 Å². The SMILES string of the molecule is CC(C)c1ccc(S(=O)(=O)N2CCC(C(=O)NC(C#N)c3ccccc3F)CC2)cc1. The van der Waals surface area contributed by atoms with Gasteiger partial charge in [0.15, 0.2) is 0 Å². The number of amides is 1. The van der Waals surface area contributed by atoms with Gasteiger partial charge in [-0.2, -0.15) is 9.57 Å². The molecule has 0 aromatic heterocycles. The van der Waals surface area contributed by atoms with Gasteiger partial charge >= 0.3 is 0 Å². The van der Waals surface area contributed by atoms with E-state index in [1.54, 1.807) is 18.2 Å². The zero-order chi connectivity index (χ0) is 22.6. The molecule has 1 amide bonds. The van der Waals surface area contributed by atoms with Crippen LogP contribution in [-0.2, 0) is 14.8 Å². The van der Waals surface area contributed by atoms with Crippen LogP contribution < -0.4 is 5.32 Å². The summed E-state index contributed by atoms with van der Waals surface area (Å²) < 4.78 is 41.2. The Morgan fingerprint density at radius 2 is 1.74 bits per heavy atom. The molecule has 0 bridgehead atoms. The Kier molecular flexibility index (Phi) is 7.08. The summed E-state index contributed by atoms with van der Waals surface area (Å²) in [7, 11) is -3.63. The Labute approximate surface area is 182 Å². The zero-order valence-corrected chi connectivity index (χ0v) is 18.4. The standard InChI is InChI=1S/C23H26FN3O3S/c1-16(2)17-7-9-19(10-8-17)31(29,30)27-13-11-18(12-14-27)23(28)26-22(15-25)20-5-3-4-6-21(20)24/h3-10,16,18,22H,11-14H2,1-2H3,(H,26,28). The highest BCUT2D eigenvalue weighted by molar-refractivity contribution is 7.89. The van der Waals surface area contributed by atoms with Crippen molar-refractivity contribution in [2.45, 2.75) is 43.5 Å². The number of sulfonamides is 1. The van der Waals surface area contributed by atoms with Gasteiger partial charge in [0.2, 0.25) is 15.9 Å². The molecular formula is C23H26FN3O3S. The summed E-state index contributed by atoms with van der Waals surface area (Å²) >= 11 is 0. The number of carbonyl (C=O) groups is 1. The molecule has 1 fully saturated rings. The zero-order valence-electron chi connectivity index (χ0n) is 17.6. The van der Waals surface area contributed by atoms with Crippen molar-refractivity contribution in [3.63, 3.8) is 0 Å². The number of hydrogen-bond acceptors (Lipinski definition) is 4. The number of piperidine rings is 1. The summed E-state index contributed by atoms with van der Waals surface area (Å²) in [5, 5.41) is 11.9. The van der Waals surface area contributed by atoms with Crippen LogP contribution in [0.2, 0.25) is 0 Å². The molecule has 1 aliphatic heterocycles. The van der Waals surface area contributed by atoms with Gasteiger partial charge in [0.1, 0.15) is 11.9 Å². The van der Waals surface area contributed by atoms with E-state index in [0.29, 0.717) is 18.8 Å². The maximum atomic E-state index is 14.0. The molecule has 1 aliphatic rings. The molecule has 0 radical (unpaired) electrons. The molecule has 1 heterocycles. The van der Waals surface area contributed by atoms with Crippen molar-refractivity contribution in [3.8, 4) is 6.07 Å². The summed E-state index contributed by atoms with van der Waals surface area (Å²) in [5.74, 6) is -1.04. The summed E-state index contributed by atoms with van der Waals surface area (Å²) in [4.78, 5) is 12.9. The summed E-state index contributed by atoms with van der Waals surface area (Å²) in [6.07, 6.45) is 0.676. The third-order valence-electron chi connectivity index (χ3n) is 5.64. The van der Waals surface area contributed by atoms with E-state index in [1.807, 2.05) is 32.0 Å². The lowest BCUT2D eigenvalue weighted by Crippen LogP contribution is -2.43. The van der Waals surface area contributed by atoms with Crippen LogP contribution in [0.3, 0.4) is 0 Å². The van der Waals surface area contributed by atoms with Crippen molar-refractivity contribution >= 4 is 15.9 Å². The van der Waals surface area contributed by atoms with Gasteiger partial charge in [-0.05, 0) is 42.5 Å². The predicted molar refractivity (Wildman–Crippen MR) is 115 cm³/mol. The lowest BCUT2D eigenvalue weighted by Gasteiger charge is -2.31. The number of nitriles is 1. The Morgan fingerprint density at radius 1 is 1.13 bits per heavy atom. The van der Waals surface area contributed by atoms with Crippen molar-refractivity contribution in [2.75, 3.05) is 13.1 Å². The minimum absolute atomic E-state index is 0.114. The van der Waals surface area contributed by atoms with Crippen LogP contribution in [0.5, 0.6) is 0 Å². The average molecular weight is 444 g/mol. The Balaban J connectivity index is 1.62. The first-order chi connectivity index (χ1) is 14.7. The number of hydrogen-bond donors (Lipinski definition) is 1. The smallest absolute Gasteiger partial charge is 0.243 e. The van der Waals surface area contributed by atoms with Gasteiger partial charge < -0.3 is 5.32 Å². The van der Waals surface area contributed by atoms with Crippen LogP contribution in [0.15, 0.2) is 53.4 Å². The fourth-order valence-electron chi connectivity index (χ4n) is 3.68. The van der Waals surface area contributed by atoms with Gasteiger partial charge in [0.25, 0.3) is 0 Å². The molecule has 3 rings (SSSR count). The molecule has 0 saturated carbocycles. The first-order valence-electron chi connectivity index (χ1n) is 10.3. The summed E-state index contributed by atoms with van der Waals surface area (Å²) in [6.45, 7) is 4.51. The van der Waals surface area contributed by atoms with Crippen LogP contribution in [-0.4, -0.2) is 31.7 Å². The van der Waals surface area contributed by atoms with Crippen molar-refractivity contribution in [1.82, 2.24) is 9.62 Å². The number of nitrogens with zero attached hydrogens (tertiary/aromatic N) is 2. The highest BCUT2D eigenvalue weighted by atomic mass is 32.2. The van der Waals surface area contributed by atoms with Crippen LogP contribution in [0.4, 0.5) is 4.39 Å². The van der Waals surface area contributed by atoms with Crippen LogP contribution >= 0.6 is 0 Å². The minimum Gasteiger partial charge on any atom is -0.336 e. The Morgan fingerprint density at radius 3 is 2.29 bits per heavy atom. The Bertz CT molecular complexity index is 1070. The molecular weight excluding hydrogens is 417 g/mol. The van der Waals surface area contributed by atoms with Crippen molar-refractivity contribution in [3.05, 3.63) is 65.5 Å². The largest absolute Gasteiger partial charge is 0.336 e. The molecule has 6 nitrogen and oxygen atoms in total. The van der Waals surface area contributed by atoms with Gasteiger partial charge in [-0.1, -0.05) is 44.2 Å². The Hall–Kier alpha value is -2.76. The maximum Gasteiger partial charge on any atom is 0.243 e. The molecule has 8 heteroatoms. The van der Waals surface area contributed by atoms with Gasteiger partial charge in [0, 0.05) is 24.6 Å². The molecule has 1 atom stereocenters. The maximum absolute atomic E-state index is 14.0. The first kappa shape index (κ1) is 22.9. The molecule has 1 unspecified atom stereocenters. The van der Waals surface area contributed by atoms with Gasteiger partial charge in [-0.15, -0.1) is 0 Å². The number of benzene rings is 2. The van der Waals surface area contributed by atoms with E-state index in [-0.39, 0.29) is 29.5 Å². The van der Waals surface area contributed by atoms with E-state index >= 15 is 0 Å². The second-order valence-electron chi connectivity index (χ2n) is 7.99. The summed E-state index contributed by atoms with van der Waals surface area (Å²) in [5.41, 5.74) is 1.18. The molecule has 2 aromatic rings. The van der Waals surface area contributed by atoms with E-state index in [1.165, 1.54) is 22.5 Å². The lowest BCUT2D eigenvalue weighted by atomic mass is 9.96. The van der Waals surface area contributed by atoms with Crippen LogP contribution in [0.1, 0.15) is 49.8 Å². The fraction of sp³-hybridized carbons (Fsp3) is 0.391. The van der Waals surface area contributed by atoms with Crippen molar-refractivity contribution in [1.29, 1.82) is 5.26 Å². The molecule has 31 heavy (non-hydrogen) atoms. The molecule has 1 saturated heterocycles. The number of carbonyl (C=O) groups excluding carboxylic acids is 1. The number of nitrogens with one attached hydrogen (secondary N) is 1. The van der Waals surface area contributed by atoms with Crippen LogP contribution in [0.25, 0.3) is 0 Å². The van der Waals surface area contributed by atoms with Crippen molar-refractivity contribution in [2.24, 2.45) is 5.92 Å². The highest BCUT2D eigenvalue weighted by Gasteiger charge is 2.33. The van der Waals surface area contributed by atoms with Gasteiger partial charge in [-0.25, -0.2) is 12.8 Å². The minimum atomic E-state index is -3.63. The predicted octanol–water partition coefficient (Wildman–Crippen LogP) is 3.73. The lowest BCUT2D eigenvalue weighted by molar-refractivity contribution is -0.126. The third-order valence-corrected chi connectivity index (χ3v) is 7.55. The average Bonchev–Trinajstić information content (AvgIpc) is 2.78. The van der Waals surface area contributed by atoms with E-state index in [9.17, 15) is 22.9 Å². The summed E-state index contributed by atoms with van der Waals surface area (Å²) in [6, 6.07) is 13.5. The van der Waals surface area contributed by atoms with E-state index in [4.69, 9.17) is 0 Å². The molecule has 0 aliphatic carbocycles. The monoisotopic (exact) mass is 443 g/mol. The normalized spacial score (nSPS) is 16.6. The second-order valence-corrected chi connectivity index (χ2v) is 9.93. The molecule has 1 N–H and O–H groups in total. The van der Waals surface area contributed by atoms with Crippen LogP contribution in [0, 0.1) is 23.1 Å². The quantitative estimate of drug-likeness (QED) is 0.737. The number of halogens is 1. The fourth-order valence-corrected chi connectivity index (χ4v) is 5.15. The van der Waals surface area contributed by atoms with Gasteiger partial charge in [0.05, 0.1) is 11.0 Å². The first-order valence-corrected chi connectivity index (χ1v) is 11.7. The second kappa shape index (κ2) is 9.58. The highest BCUT2D eigenvalue weighted by Crippen LogP contribution is 2.26.